The molecule has 0 aromatic rings. The van der Waals surface area contributed by atoms with E-state index in [1.54, 1.807) is 0 Å². The van der Waals surface area contributed by atoms with Gasteiger partial charge in [-0.1, -0.05) is 0 Å². The van der Waals surface area contributed by atoms with Gasteiger partial charge in [0.05, 0.1) is 0 Å². The van der Waals surface area contributed by atoms with Gasteiger partial charge in [-0.15, -0.1) is 12.4 Å². The van der Waals surface area contributed by atoms with E-state index in [-0.39, 0.29) is 31.3 Å². The van der Waals surface area contributed by atoms with Gasteiger partial charge in [0.15, 0.2) is 24.4 Å². The summed E-state index contributed by atoms with van der Waals surface area (Å²) in [5.74, 6) is 0. The molecule has 9 heavy (non-hydrogen) atoms. The Kier molecular flexibility index (Phi) is 5.15. The maximum atomic E-state index is 9.70. The number of nitrogens with two attached hydrogens (primary N) is 1. The first-order valence-electron chi connectivity index (χ1n) is 1.86. The zero-order valence-electron chi connectivity index (χ0n) is 4.44. The summed E-state index contributed by atoms with van der Waals surface area (Å²) < 4.78 is 0. The summed E-state index contributed by atoms with van der Waals surface area (Å²) in [6, 6.07) is 0. The summed E-state index contributed by atoms with van der Waals surface area (Å²) in [5, 5.41) is 0. The largest absolute Gasteiger partial charge is 0.307 e. The highest BCUT2D eigenvalue weighted by atomic mass is 35.5. The van der Waals surface area contributed by atoms with Gasteiger partial charge in [0.1, 0.15) is 0 Å². The standard InChI is InChI=1S/C4H5NO3.ClH/c5-4(1-6,2-7)3-8;/h1-3H,5H2;1H. The van der Waals surface area contributed by atoms with Crippen LogP contribution >= 0.6 is 12.4 Å². The highest BCUT2D eigenvalue weighted by Gasteiger charge is 2.21. The zero-order chi connectivity index (χ0) is 6.62. The van der Waals surface area contributed by atoms with E-state index in [2.05, 4.69) is 0 Å². The number of aldehydes is 3. The first-order chi connectivity index (χ1) is 3.68. The lowest BCUT2D eigenvalue weighted by atomic mass is 10.1. The van der Waals surface area contributed by atoms with Crippen molar-refractivity contribution in [1.82, 2.24) is 0 Å². The van der Waals surface area contributed by atoms with Gasteiger partial charge in [-0.05, 0) is 0 Å². The molecule has 0 spiro atoms. The van der Waals surface area contributed by atoms with Crippen molar-refractivity contribution in [2.24, 2.45) is 5.73 Å². The fraction of sp³-hybridized carbons (Fsp3) is 0.250. The molecular weight excluding hydrogens is 146 g/mol. The van der Waals surface area contributed by atoms with Crippen molar-refractivity contribution in [3.8, 4) is 0 Å². The third-order valence-corrected chi connectivity index (χ3v) is 0.612. The van der Waals surface area contributed by atoms with Crippen molar-refractivity contribution < 1.29 is 14.4 Å². The summed E-state index contributed by atoms with van der Waals surface area (Å²) in [4.78, 5) is 29.1. The number of hydrogen-bond acceptors (Lipinski definition) is 4. The second-order valence-electron chi connectivity index (χ2n) is 1.35. The van der Waals surface area contributed by atoms with Crippen LogP contribution in [0.5, 0.6) is 0 Å². The molecule has 0 saturated heterocycles. The molecule has 2 N–H and O–H groups in total. The van der Waals surface area contributed by atoms with Gasteiger partial charge in [-0.25, -0.2) is 0 Å². The Morgan fingerprint density at radius 2 is 1.22 bits per heavy atom. The molecule has 0 aliphatic heterocycles. The zero-order valence-corrected chi connectivity index (χ0v) is 5.26. The van der Waals surface area contributed by atoms with Crippen LogP contribution in [-0.2, 0) is 14.4 Å². The molecule has 0 fully saturated rings. The average molecular weight is 152 g/mol. The lowest BCUT2D eigenvalue weighted by molar-refractivity contribution is -0.126. The molecule has 0 aromatic carbocycles. The van der Waals surface area contributed by atoms with Gasteiger partial charge in [0.25, 0.3) is 0 Å². The van der Waals surface area contributed by atoms with Gasteiger partial charge in [0, 0.05) is 0 Å². The molecular formula is C4H6ClNO3. The summed E-state index contributed by atoms with van der Waals surface area (Å²) in [6.45, 7) is 0. The molecule has 0 heterocycles. The molecule has 4 nitrogen and oxygen atoms in total. The summed E-state index contributed by atoms with van der Waals surface area (Å²) in [5.41, 5.74) is 2.88. The molecule has 0 bridgehead atoms. The number of rotatable bonds is 3. The van der Waals surface area contributed by atoms with Crippen LogP contribution in [0.15, 0.2) is 0 Å². The van der Waals surface area contributed by atoms with Crippen LogP contribution in [0.2, 0.25) is 0 Å². The van der Waals surface area contributed by atoms with Gasteiger partial charge < -0.3 is 20.1 Å². The summed E-state index contributed by atoms with van der Waals surface area (Å²) >= 11 is 0. The lowest BCUT2D eigenvalue weighted by Crippen LogP contribution is -2.44. The Balaban J connectivity index is 0. The summed E-state index contributed by atoms with van der Waals surface area (Å²) in [6.07, 6.45) is 0.271. The Hall–Kier alpha value is -0.740. The molecule has 0 aromatic heterocycles. The molecule has 0 rings (SSSR count). The molecule has 0 amide bonds. The van der Waals surface area contributed by atoms with E-state index in [9.17, 15) is 14.4 Å². The normalized spacial score (nSPS) is 9.00. The van der Waals surface area contributed by atoms with Crippen molar-refractivity contribution in [2.75, 3.05) is 0 Å². The van der Waals surface area contributed by atoms with E-state index >= 15 is 0 Å². The third-order valence-electron chi connectivity index (χ3n) is 0.612. The van der Waals surface area contributed by atoms with Crippen LogP contribution in [0.3, 0.4) is 0 Å². The van der Waals surface area contributed by atoms with Crippen LogP contribution < -0.4 is 5.73 Å². The van der Waals surface area contributed by atoms with E-state index in [1.807, 2.05) is 0 Å². The van der Waals surface area contributed by atoms with E-state index in [1.165, 1.54) is 0 Å². The second-order valence-corrected chi connectivity index (χ2v) is 1.35. The average Bonchev–Trinajstić information content (AvgIpc) is 1.87. The third kappa shape index (κ3) is 2.94. The van der Waals surface area contributed by atoms with Crippen molar-refractivity contribution in [2.45, 2.75) is 5.54 Å². The molecule has 5 heteroatoms. The molecule has 0 saturated carbocycles. The van der Waals surface area contributed by atoms with Gasteiger partial charge in [-0.2, -0.15) is 0 Å². The highest BCUT2D eigenvalue weighted by Crippen LogP contribution is 1.80. The molecule has 52 valence electrons. The van der Waals surface area contributed by atoms with E-state index in [0.717, 1.165) is 0 Å². The van der Waals surface area contributed by atoms with Crippen molar-refractivity contribution in [3.63, 3.8) is 0 Å². The Labute approximate surface area is 57.8 Å². The SMILES string of the molecule is Cl.NC(C=O)(C=O)C=O. The van der Waals surface area contributed by atoms with Crippen molar-refractivity contribution >= 4 is 31.3 Å². The number of halogens is 1. The second kappa shape index (κ2) is 4.17. The van der Waals surface area contributed by atoms with Crippen LogP contribution in [0.1, 0.15) is 0 Å². The van der Waals surface area contributed by atoms with Crippen molar-refractivity contribution in [1.29, 1.82) is 0 Å². The minimum atomic E-state index is -1.92. The topological polar surface area (TPSA) is 77.2 Å². The fourth-order valence-corrected chi connectivity index (χ4v) is 0.0833. The van der Waals surface area contributed by atoms with Crippen LogP contribution in [0.25, 0.3) is 0 Å². The number of carbonyl (C=O) groups is 3. The van der Waals surface area contributed by atoms with E-state index in [4.69, 9.17) is 5.73 Å². The van der Waals surface area contributed by atoms with Crippen LogP contribution in [0.4, 0.5) is 0 Å². The number of hydrogen-bond donors (Lipinski definition) is 1. The van der Waals surface area contributed by atoms with Gasteiger partial charge in [-0.3, -0.25) is 0 Å². The minimum Gasteiger partial charge on any atom is -0.307 e. The summed E-state index contributed by atoms with van der Waals surface area (Å²) in [7, 11) is 0. The van der Waals surface area contributed by atoms with Gasteiger partial charge in [0.2, 0.25) is 0 Å². The van der Waals surface area contributed by atoms with E-state index < -0.39 is 5.54 Å². The molecule has 0 atom stereocenters. The van der Waals surface area contributed by atoms with Crippen LogP contribution in [0, 0.1) is 0 Å². The Morgan fingerprint density at radius 1 is 1.00 bits per heavy atom. The smallest absolute Gasteiger partial charge is 0.184 e. The molecule has 0 aliphatic carbocycles. The Morgan fingerprint density at radius 3 is 1.22 bits per heavy atom. The molecule has 0 aliphatic rings. The fourth-order valence-electron chi connectivity index (χ4n) is 0.0833. The minimum absolute atomic E-state index is 0. The van der Waals surface area contributed by atoms with Gasteiger partial charge >= 0.3 is 0 Å². The molecule has 0 radical (unpaired) electrons. The van der Waals surface area contributed by atoms with Crippen LogP contribution in [-0.4, -0.2) is 24.4 Å². The lowest BCUT2D eigenvalue weighted by Gasteiger charge is -2.01. The Bertz CT molecular complexity index is 103. The van der Waals surface area contributed by atoms with Crippen molar-refractivity contribution in [3.05, 3.63) is 0 Å². The predicted octanol–water partition coefficient (Wildman–Crippen LogP) is -1.30. The quantitative estimate of drug-likeness (QED) is 0.402. The monoisotopic (exact) mass is 151 g/mol. The first-order valence-corrected chi connectivity index (χ1v) is 1.86. The molecule has 0 unspecified atom stereocenters. The highest BCUT2D eigenvalue weighted by molar-refractivity contribution is 6.07. The maximum absolute atomic E-state index is 9.70. The first kappa shape index (κ1) is 11.1. The van der Waals surface area contributed by atoms with E-state index in [0.29, 0.717) is 0 Å². The number of carbonyl (C=O) groups excluding carboxylic acids is 3. The maximum Gasteiger partial charge on any atom is 0.184 e. The predicted molar refractivity (Wildman–Crippen MR) is 32.4 cm³/mol.